The van der Waals surface area contributed by atoms with Crippen molar-refractivity contribution >= 4 is 18.5 Å². The van der Waals surface area contributed by atoms with E-state index in [9.17, 15) is 4.79 Å². The Morgan fingerprint density at radius 3 is 1.41 bits per heavy atom. The highest BCUT2D eigenvalue weighted by Crippen LogP contribution is 2.17. The number of nitrogens with two attached hydrogens (primary N) is 1. The molecule has 2 N–H and O–H groups in total. The predicted molar refractivity (Wildman–Crippen MR) is 74.9 cm³/mol. The van der Waals surface area contributed by atoms with Gasteiger partial charge in [-0.3, -0.25) is 4.79 Å². The Balaban J connectivity index is 0.000000249. The lowest BCUT2D eigenvalue weighted by Gasteiger charge is -1.98. The predicted octanol–water partition coefficient (Wildman–Crippen LogP) is 2.76. The van der Waals surface area contributed by atoms with E-state index in [0.717, 1.165) is 0 Å². The van der Waals surface area contributed by atoms with Gasteiger partial charge in [-0.2, -0.15) is 12.6 Å². The molecule has 2 nitrogen and oxygen atoms in total. The second-order valence-electron chi connectivity index (χ2n) is 3.36. The quantitative estimate of drug-likeness (QED) is 0.785. The van der Waals surface area contributed by atoms with Crippen LogP contribution in [-0.4, -0.2) is 11.7 Å². The summed E-state index contributed by atoms with van der Waals surface area (Å²) in [5, 5.41) is 0. The molecule has 0 saturated carbocycles. The first-order valence-electron chi connectivity index (χ1n) is 5.23. The lowest BCUT2D eigenvalue weighted by atomic mass is 10.1. The van der Waals surface area contributed by atoms with Gasteiger partial charge in [0, 0.05) is 0 Å². The smallest absolute Gasteiger partial charge is 0.227 e. The van der Waals surface area contributed by atoms with Gasteiger partial charge in [0.05, 0.1) is 5.75 Å². The van der Waals surface area contributed by atoms with E-state index in [1.807, 2.05) is 12.1 Å². The first-order chi connectivity index (χ1) is 8.24. The van der Waals surface area contributed by atoms with Crippen LogP contribution in [0.5, 0.6) is 0 Å². The molecule has 2 aromatic rings. The SMILES string of the molecule is NC(=O)CS.c1ccc(-c2ccccc2)cc1. The number of hydrogen-bond donors (Lipinski definition) is 2. The average Bonchev–Trinajstić information content (AvgIpc) is 2.41. The van der Waals surface area contributed by atoms with E-state index in [0.29, 0.717) is 0 Å². The Morgan fingerprint density at radius 1 is 0.882 bits per heavy atom. The van der Waals surface area contributed by atoms with E-state index in [2.05, 4.69) is 66.9 Å². The number of rotatable bonds is 2. The fourth-order valence-corrected chi connectivity index (χ4v) is 1.26. The van der Waals surface area contributed by atoms with Crippen LogP contribution in [0.2, 0.25) is 0 Å². The summed E-state index contributed by atoms with van der Waals surface area (Å²) < 4.78 is 0. The molecule has 0 heterocycles. The van der Waals surface area contributed by atoms with Gasteiger partial charge in [0.25, 0.3) is 0 Å². The molecular formula is C14H15NOS. The lowest BCUT2D eigenvalue weighted by molar-refractivity contribution is -0.115. The third-order valence-corrected chi connectivity index (χ3v) is 2.35. The molecular weight excluding hydrogens is 230 g/mol. The molecule has 3 heteroatoms. The topological polar surface area (TPSA) is 43.1 Å². The van der Waals surface area contributed by atoms with E-state index >= 15 is 0 Å². The number of benzene rings is 2. The van der Waals surface area contributed by atoms with Crippen LogP contribution in [0.4, 0.5) is 0 Å². The number of carbonyl (C=O) groups excluding carboxylic acids is 1. The van der Waals surface area contributed by atoms with Gasteiger partial charge in [0.15, 0.2) is 0 Å². The molecule has 0 fully saturated rings. The molecule has 0 bridgehead atoms. The van der Waals surface area contributed by atoms with Gasteiger partial charge >= 0.3 is 0 Å². The van der Waals surface area contributed by atoms with Crippen LogP contribution in [0.25, 0.3) is 11.1 Å². The van der Waals surface area contributed by atoms with Crippen LogP contribution >= 0.6 is 12.6 Å². The average molecular weight is 245 g/mol. The summed E-state index contributed by atoms with van der Waals surface area (Å²) in [6, 6.07) is 20.8. The summed E-state index contributed by atoms with van der Waals surface area (Å²) in [6.45, 7) is 0. The first-order valence-corrected chi connectivity index (χ1v) is 5.87. The van der Waals surface area contributed by atoms with E-state index in [1.54, 1.807) is 0 Å². The summed E-state index contributed by atoms with van der Waals surface area (Å²) in [7, 11) is 0. The Hall–Kier alpha value is -1.74. The van der Waals surface area contributed by atoms with Crippen molar-refractivity contribution in [1.82, 2.24) is 0 Å². The summed E-state index contributed by atoms with van der Waals surface area (Å²) in [6.07, 6.45) is 0. The van der Waals surface area contributed by atoms with Crippen molar-refractivity contribution < 1.29 is 4.79 Å². The highest BCUT2D eigenvalue weighted by Gasteiger charge is 1.91. The van der Waals surface area contributed by atoms with E-state index < -0.39 is 0 Å². The zero-order valence-electron chi connectivity index (χ0n) is 9.41. The van der Waals surface area contributed by atoms with Gasteiger partial charge in [-0.15, -0.1) is 0 Å². The largest absolute Gasteiger partial charge is 0.369 e. The van der Waals surface area contributed by atoms with Crippen molar-refractivity contribution in [2.75, 3.05) is 5.75 Å². The van der Waals surface area contributed by atoms with Gasteiger partial charge < -0.3 is 5.73 Å². The van der Waals surface area contributed by atoms with E-state index in [1.165, 1.54) is 11.1 Å². The molecule has 0 radical (unpaired) electrons. The summed E-state index contributed by atoms with van der Waals surface area (Å²) in [5.74, 6) is -0.242. The fraction of sp³-hybridized carbons (Fsp3) is 0.0714. The molecule has 0 aliphatic rings. The molecule has 1 amide bonds. The van der Waals surface area contributed by atoms with E-state index in [4.69, 9.17) is 0 Å². The third-order valence-electron chi connectivity index (χ3n) is 2.04. The molecule has 0 aliphatic carbocycles. The molecule has 17 heavy (non-hydrogen) atoms. The molecule has 0 saturated heterocycles. The van der Waals surface area contributed by atoms with Crippen molar-refractivity contribution in [3.63, 3.8) is 0 Å². The number of thiol groups is 1. The van der Waals surface area contributed by atoms with Crippen LogP contribution < -0.4 is 5.73 Å². The summed E-state index contributed by atoms with van der Waals surface area (Å²) >= 11 is 3.54. The molecule has 0 spiro atoms. The number of hydrogen-bond acceptors (Lipinski definition) is 2. The number of carbonyl (C=O) groups is 1. The monoisotopic (exact) mass is 245 g/mol. The van der Waals surface area contributed by atoms with Crippen molar-refractivity contribution in [3.8, 4) is 11.1 Å². The van der Waals surface area contributed by atoms with Crippen LogP contribution in [0, 0.1) is 0 Å². The second kappa shape index (κ2) is 7.52. The van der Waals surface area contributed by atoms with Crippen molar-refractivity contribution in [1.29, 1.82) is 0 Å². The zero-order chi connectivity index (χ0) is 12.5. The molecule has 2 rings (SSSR count). The zero-order valence-corrected chi connectivity index (χ0v) is 10.3. The highest BCUT2D eigenvalue weighted by molar-refractivity contribution is 7.81. The van der Waals surface area contributed by atoms with Crippen molar-refractivity contribution in [2.45, 2.75) is 0 Å². The first kappa shape index (κ1) is 13.3. The second-order valence-corrected chi connectivity index (χ2v) is 3.67. The minimum absolute atomic E-state index is 0.139. The maximum atomic E-state index is 9.51. The standard InChI is InChI=1S/C12H10.C2H5NOS/c1-3-7-11(8-4-1)12-9-5-2-6-10-12;3-2(4)1-5/h1-10H;5H,1H2,(H2,3,4). The van der Waals surface area contributed by atoms with Crippen molar-refractivity contribution in [3.05, 3.63) is 60.7 Å². The maximum absolute atomic E-state index is 9.51. The van der Waals surface area contributed by atoms with Gasteiger partial charge in [0.1, 0.15) is 0 Å². The molecule has 0 aromatic heterocycles. The molecule has 0 unspecified atom stereocenters. The van der Waals surface area contributed by atoms with Crippen LogP contribution in [0.3, 0.4) is 0 Å². The van der Waals surface area contributed by atoms with Gasteiger partial charge in [0.2, 0.25) is 5.91 Å². The van der Waals surface area contributed by atoms with Crippen LogP contribution in [-0.2, 0) is 4.79 Å². The van der Waals surface area contributed by atoms with Crippen molar-refractivity contribution in [2.24, 2.45) is 5.73 Å². The molecule has 88 valence electrons. The Bertz CT molecular complexity index is 405. The lowest BCUT2D eigenvalue weighted by Crippen LogP contribution is -2.10. The third kappa shape index (κ3) is 5.22. The van der Waals surface area contributed by atoms with E-state index in [-0.39, 0.29) is 11.7 Å². The maximum Gasteiger partial charge on any atom is 0.227 e. The summed E-state index contributed by atoms with van der Waals surface area (Å²) in [5.41, 5.74) is 7.13. The molecule has 0 atom stereocenters. The normalized spacial score (nSPS) is 9.00. The molecule has 2 aromatic carbocycles. The van der Waals surface area contributed by atoms with Gasteiger partial charge in [-0.25, -0.2) is 0 Å². The Morgan fingerprint density at radius 2 is 1.18 bits per heavy atom. The Kier molecular flexibility index (Phi) is 5.89. The minimum Gasteiger partial charge on any atom is -0.369 e. The Labute approximate surface area is 107 Å². The highest BCUT2D eigenvalue weighted by atomic mass is 32.1. The van der Waals surface area contributed by atoms with Crippen LogP contribution in [0.1, 0.15) is 0 Å². The minimum atomic E-state index is -0.381. The van der Waals surface area contributed by atoms with Gasteiger partial charge in [-0.05, 0) is 11.1 Å². The summed E-state index contributed by atoms with van der Waals surface area (Å²) in [4.78, 5) is 9.51. The van der Waals surface area contributed by atoms with Crippen LogP contribution in [0.15, 0.2) is 60.7 Å². The fourth-order valence-electron chi connectivity index (χ4n) is 1.26. The molecule has 0 aliphatic heterocycles. The number of primary amides is 1. The number of amides is 1. The van der Waals surface area contributed by atoms with Gasteiger partial charge in [-0.1, -0.05) is 60.7 Å².